The van der Waals surface area contributed by atoms with Gasteiger partial charge in [-0.15, -0.1) is 0 Å². The van der Waals surface area contributed by atoms with E-state index in [0.717, 1.165) is 44.2 Å². The predicted molar refractivity (Wildman–Crippen MR) is 129 cm³/mol. The highest BCUT2D eigenvalue weighted by molar-refractivity contribution is 5.83. The number of nitrogens with one attached hydrogen (secondary N) is 1. The second-order valence-corrected chi connectivity index (χ2v) is 9.07. The van der Waals surface area contributed by atoms with Gasteiger partial charge in [-0.1, -0.05) is 55.8 Å². The van der Waals surface area contributed by atoms with E-state index in [2.05, 4.69) is 23.2 Å². The maximum absolute atomic E-state index is 13.0. The number of aliphatic carboxylic acids is 1. The fraction of sp³-hybridized carbons (Fsp3) is 0.481. The average molecular weight is 453 g/mol. The number of carbonyl (C=O) groups excluding carboxylic acids is 1. The van der Waals surface area contributed by atoms with Gasteiger partial charge in [-0.2, -0.15) is 0 Å². The first kappa shape index (κ1) is 24.8. The van der Waals surface area contributed by atoms with E-state index >= 15 is 0 Å². The molecule has 6 nitrogen and oxygen atoms in total. The zero-order chi connectivity index (χ0) is 23.6. The first-order valence-electron chi connectivity index (χ1n) is 12.0. The normalized spacial score (nSPS) is 20.4. The van der Waals surface area contributed by atoms with Crippen LogP contribution in [0.1, 0.15) is 56.1 Å². The van der Waals surface area contributed by atoms with Gasteiger partial charge in [0, 0.05) is 12.6 Å². The highest BCUT2D eigenvalue weighted by Crippen LogP contribution is 2.32. The quantitative estimate of drug-likeness (QED) is 0.531. The monoisotopic (exact) mass is 452 g/mol. The molecular formula is C27H36N2O4. The van der Waals surface area contributed by atoms with Gasteiger partial charge in [-0.3, -0.25) is 14.5 Å². The molecule has 1 saturated heterocycles. The number of hydrogen-bond donors (Lipinski definition) is 3. The van der Waals surface area contributed by atoms with E-state index in [1.54, 1.807) is 6.07 Å². The molecule has 1 amide bonds. The van der Waals surface area contributed by atoms with Crippen molar-refractivity contribution in [2.24, 2.45) is 5.92 Å². The maximum Gasteiger partial charge on any atom is 0.322 e. The summed E-state index contributed by atoms with van der Waals surface area (Å²) in [5, 5.41) is 21.5. The van der Waals surface area contributed by atoms with E-state index in [1.165, 1.54) is 5.56 Å². The topological polar surface area (TPSA) is 89.9 Å². The van der Waals surface area contributed by atoms with Crippen LogP contribution in [0.5, 0.6) is 5.75 Å². The van der Waals surface area contributed by atoms with Crippen LogP contribution in [-0.2, 0) is 16.0 Å². The second kappa shape index (κ2) is 12.4. The molecule has 2 aromatic carbocycles. The van der Waals surface area contributed by atoms with Crippen molar-refractivity contribution in [2.45, 2.75) is 57.4 Å². The van der Waals surface area contributed by atoms with Crippen molar-refractivity contribution in [1.29, 1.82) is 0 Å². The van der Waals surface area contributed by atoms with Gasteiger partial charge >= 0.3 is 5.97 Å². The predicted octanol–water partition coefficient (Wildman–Crippen LogP) is 4.19. The second-order valence-electron chi connectivity index (χ2n) is 9.07. The van der Waals surface area contributed by atoms with Crippen LogP contribution in [0.15, 0.2) is 54.6 Å². The summed E-state index contributed by atoms with van der Waals surface area (Å²) in [5.74, 6) is -0.878. The Morgan fingerprint density at radius 1 is 1.09 bits per heavy atom. The van der Waals surface area contributed by atoms with Crippen molar-refractivity contribution in [1.82, 2.24) is 10.2 Å². The molecule has 0 radical (unpaired) electrons. The third-order valence-corrected chi connectivity index (χ3v) is 6.75. The summed E-state index contributed by atoms with van der Waals surface area (Å²) in [5.41, 5.74) is 2.25. The van der Waals surface area contributed by atoms with Gasteiger partial charge in [0.1, 0.15) is 12.3 Å². The van der Waals surface area contributed by atoms with Gasteiger partial charge in [0.25, 0.3) is 0 Å². The minimum absolute atomic E-state index is 0.206. The van der Waals surface area contributed by atoms with Gasteiger partial charge in [0.05, 0.1) is 5.92 Å². The molecule has 1 heterocycles. The van der Waals surface area contributed by atoms with Crippen molar-refractivity contribution in [3.05, 3.63) is 65.7 Å². The first-order chi connectivity index (χ1) is 16.0. The standard InChI is InChI=1S/C27H36N2O4/c1-2-24-12-6-10-21(22-11-7-13-25(30)17-22)14-15-29(24)19-23(27(33)28-18-26(31)32)16-20-8-4-3-5-9-20/h3-5,7-9,11,13,17,21,23-24,30H,2,6,10,12,14-16,18-19H2,1H3,(H,28,33)(H,31,32). The summed E-state index contributed by atoms with van der Waals surface area (Å²) < 4.78 is 0. The summed E-state index contributed by atoms with van der Waals surface area (Å²) in [6.07, 6.45) is 5.83. The van der Waals surface area contributed by atoms with E-state index < -0.39 is 5.97 Å². The Hall–Kier alpha value is -2.86. The molecule has 3 unspecified atom stereocenters. The zero-order valence-electron chi connectivity index (χ0n) is 19.5. The summed E-state index contributed by atoms with van der Waals surface area (Å²) in [4.78, 5) is 26.4. The molecule has 0 aromatic heterocycles. The van der Waals surface area contributed by atoms with Crippen molar-refractivity contribution < 1.29 is 19.8 Å². The Bertz CT molecular complexity index is 902. The Labute approximate surface area is 196 Å². The fourth-order valence-electron chi connectivity index (χ4n) is 4.97. The number of carbonyl (C=O) groups is 2. The Balaban J connectivity index is 1.75. The highest BCUT2D eigenvalue weighted by atomic mass is 16.4. The molecule has 178 valence electrons. The van der Waals surface area contributed by atoms with Crippen molar-refractivity contribution in [2.75, 3.05) is 19.6 Å². The van der Waals surface area contributed by atoms with Crippen LogP contribution in [0, 0.1) is 5.92 Å². The van der Waals surface area contributed by atoms with E-state index in [1.807, 2.05) is 42.5 Å². The SMILES string of the molecule is CCC1CCCC(c2cccc(O)c2)CCN1CC(Cc1ccccc1)C(=O)NCC(=O)O. The average Bonchev–Trinajstić information content (AvgIpc) is 2.79. The van der Waals surface area contributed by atoms with Crippen LogP contribution in [0.25, 0.3) is 0 Å². The molecule has 0 saturated carbocycles. The number of carboxylic acids is 1. The summed E-state index contributed by atoms with van der Waals surface area (Å²) in [7, 11) is 0. The molecule has 0 bridgehead atoms. The van der Waals surface area contributed by atoms with Crippen molar-refractivity contribution >= 4 is 11.9 Å². The summed E-state index contributed by atoms with van der Waals surface area (Å²) >= 11 is 0. The molecule has 0 spiro atoms. The number of amides is 1. The van der Waals surface area contributed by atoms with Gasteiger partial charge in [0.15, 0.2) is 0 Å². The molecule has 3 N–H and O–H groups in total. The Morgan fingerprint density at radius 3 is 2.58 bits per heavy atom. The number of rotatable bonds is 9. The summed E-state index contributed by atoms with van der Waals surface area (Å²) in [6, 6.07) is 17.9. The first-order valence-corrected chi connectivity index (χ1v) is 12.0. The number of benzene rings is 2. The van der Waals surface area contributed by atoms with Crippen LogP contribution in [-0.4, -0.2) is 52.7 Å². The number of nitrogens with zero attached hydrogens (tertiary/aromatic N) is 1. The molecular weight excluding hydrogens is 416 g/mol. The van der Waals surface area contributed by atoms with Crippen LogP contribution in [0.4, 0.5) is 0 Å². The molecule has 1 aliphatic rings. The van der Waals surface area contributed by atoms with E-state index in [0.29, 0.717) is 30.7 Å². The molecule has 2 aromatic rings. The van der Waals surface area contributed by atoms with Crippen molar-refractivity contribution in [3.8, 4) is 5.75 Å². The lowest BCUT2D eigenvalue weighted by Gasteiger charge is -2.37. The zero-order valence-corrected chi connectivity index (χ0v) is 19.5. The minimum Gasteiger partial charge on any atom is -0.508 e. The highest BCUT2D eigenvalue weighted by Gasteiger charge is 2.28. The third-order valence-electron chi connectivity index (χ3n) is 6.75. The third kappa shape index (κ3) is 7.60. The largest absolute Gasteiger partial charge is 0.508 e. The number of hydrogen-bond acceptors (Lipinski definition) is 4. The number of phenols is 1. The smallest absolute Gasteiger partial charge is 0.322 e. The number of likely N-dealkylation sites (tertiary alicyclic amines) is 1. The van der Waals surface area contributed by atoms with Crippen LogP contribution in [0.2, 0.25) is 0 Å². The van der Waals surface area contributed by atoms with Crippen LogP contribution >= 0.6 is 0 Å². The van der Waals surface area contributed by atoms with Crippen LogP contribution in [0.3, 0.4) is 0 Å². The molecule has 1 fully saturated rings. The lowest BCUT2D eigenvalue weighted by Crippen LogP contribution is -2.46. The minimum atomic E-state index is -1.03. The summed E-state index contributed by atoms with van der Waals surface area (Å²) in [6.45, 7) is 3.31. The van der Waals surface area contributed by atoms with Gasteiger partial charge in [-0.05, 0) is 67.8 Å². The van der Waals surface area contributed by atoms with Gasteiger partial charge in [0.2, 0.25) is 5.91 Å². The Morgan fingerprint density at radius 2 is 1.88 bits per heavy atom. The van der Waals surface area contributed by atoms with E-state index in [9.17, 15) is 14.7 Å². The lowest BCUT2D eigenvalue weighted by molar-refractivity contribution is -0.138. The molecule has 33 heavy (non-hydrogen) atoms. The lowest BCUT2D eigenvalue weighted by atomic mass is 9.86. The molecule has 0 aliphatic carbocycles. The van der Waals surface area contributed by atoms with Gasteiger partial charge < -0.3 is 15.5 Å². The number of carboxylic acid groups (broad SMARTS) is 1. The molecule has 1 aliphatic heterocycles. The maximum atomic E-state index is 13.0. The number of aromatic hydroxyl groups is 1. The van der Waals surface area contributed by atoms with Gasteiger partial charge in [-0.25, -0.2) is 0 Å². The Kier molecular flexibility index (Phi) is 9.31. The van der Waals surface area contributed by atoms with Crippen molar-refractivity contribution in [3.63, 3.8) is 0 Å². The fourth-order valence-corrected chi connectivity index (χ4v) is 4.97. The molecule has 3 atom stereocenters. The molecule has 6 heteroatoms. The van der Waals surface area contributed by atoms with Crippen LogP contribution < -0.4 is 5.32 Å². The van der Waals surface area contributed by atoms with E-state index in [4.69, 9.17) is 5.11 Å². The molecule has 3 rings (SSSR count). The number of phenolic OH excluding ortho intramolecular Hbond substituents is 1. The van der Waals surface area contributed by atoms with E-state index in [-0.39, 0.29) is 18.4 Å².